The summed E-state index contributed by atoms with van der Waals surface area (Å²) < 4.78 is 1.81. The minimum absolute atomic E-state index is 0.0162. The van der Waals surface area contributed by atoms with Gasteiger partial charge in [0.2, 0.25) is 5.88 Å². The predicted octanol–water partition coefficient (Wildman–Crippen LogP) is 6.58. The highest BCUT2D eigenvalue weighted by Crippen LogP contribution is 2.39. The molecule has 168 valence electrons. The van der Waals surface area contributed by atoms with Crippen LogP contribution in [0.4, 0.5) is 11.4 Å². The normalized spacial score (nSPS) is 11.4. The summed E-state index contributed by atoms with van der Waals surface area (Å²) in [6.07, 6.45) is 0. The van der Waals surface area contributed by atoms with Crippen LogP contribution in [-0.4, -0.2) is 22.1 Å². The molecule has 2 N–H and O–H groups in total. The van der Waals surface area contributed by atoms with E-state index in [0.29, 0.717) is 12.2 Å². The van der Waals surface area contributed by atoms with Crippen molar-refractivity contribution >= 4 is 39.0 Å². The number of aromatic nitrogens is 1. The van der Waals surface area contributed by atoms with Crippen molar-refractivity contribution < 1.29 is 9.90 Å². The van der Waals surface area contributed by atoms with Gasteiger partial charge < -0.3 is 15.0 Å². The Kier molecular flexibility index (Phi) is 5.79. The molecule has 1 aromatic heterocycles. The van der Waals surface area contributed by atoms with E-state index in [-0.39, 0.29) is 12.4 Å². The van der Waals surface area contributed by atoms with Crippen molar-refractivity contribution in [3.05, 3.63) is 102 Å². The van der Waals surface area contributed by atoms with Crippen molar-refractivity contribution in [2.75, 3.05) is 11.9 Å². The minimum Gasteiger partial charge on any atom is -0.493 e. The van der Waals surface area contributed by atoms with Crippen LogP contribution in [0.25, 0.3) is 21.7 Å². The molecule has 34 heavy (non-hydrogen) atoms. The zero-order chi connectivity index (χ0) is 23.5. The molecule has 0 atom stereocenters. The van der Waals surface area contributed by atoms with Gasteiger partial charge in [-0.05, 0) is 41.0 Å². The number of hydrogen-bond donors (Lipinski definition) is 2. The number of azo groups is 1. The van der Waals surface area contributed by atoms with Crippen LogP contribution in [0.15, 0.2) is 101 Å². The molecular formula is C28H24N4O2. The van der Waals surface area contributed by atoms with Gasteiger partial charge in [0.1, 0.15) is 0 Å². The van der Waals surface area contributed by atoms with Crippen LogP contribution in [0.3, 0.4) is 0 Å². The standard InChI is InChI=1S/C28H24N4O2/c1-19-9-2-6-15-24(19)29-17-26(33)30-31-27-23-14-5-7-16-25(23)32(28(27)34)18-21-12-8-11-20-10-3-4-13-22(20)21/h2-16,29,34H,17-18H2,1H3. The fourth-order valence-electron chi connectivity index (χ4n) is 4.21. The summed E-state index contributed by atoms with van der Waals surface area (Å²) in [5.41, 5.74) is 4.12. The molecule has 0 aliphatic heterocycles. The lowest BCUT2D eigenvalue weighted by Crippen LogP contribution is -2.11. The number of fused-ring (bicyclic) bond motifs is 2. The first-order valence-electron chi connectivity index (χ1n) is 11.1. The third-order valence-corrected chi connectivity index (χ3v) is 5.96. The number of carbonyl (C=O) groups is 1. The monoisotopic (exact) mass is 448 g/mol. The number of rotatable bonds is 6. The number of benzene rings is 4. The molecule has 1 heterocycles. The molecule has 0 aliphatic carbocycles. The molecule has 0 fully saturated rings. The number of hydrogen-bond acceptors (Lipinski definition) is 4. The van der Waals surface area contributed by atoms with E-state index in [2.05, 4.69) is 39.8 Å². The van der Waals surface area contributed by atoms with Gasteiger partial charge in [-0.3, -0.25) is 4.79 Å². The van der Waals surface area contributed by atoms with Gasteiger partial charge in [-0.25, -0.2) is 0 Å². The second-order valence-corrected chi connectivity index (χ2v) is 8.18. The van der Waals surface area contributed by atoms with Gasteiger partial charge in [-0.1, -0.05) is 78.9 Å². The molecule has 0 radical (unpaired) electrons. The van der Waals surface area contributed by atoms with Crippen molar-refractivity contribution in [1.29, 1.82) is 0 Å². The Morgan fingerprint density at radius 2 is 1.59 bits per heavy atom. The minimum atomic E-state index is -0.423. The van der Waals surface area contributed by atoms with E-state index in [4.69, 9.17) is 0 Å². The summed E-state index contributed by atoms with van der Waals surface area (Å²) >= 11 is 0. The van der Waals surface area contributed by atoms with E-state index in [9.17, 15) is 9.90 Å². The molecular weight excluding hydrogens is 424 g/mol. The lowest BCUT2D eigenvalue weighted by Gasteiger charge is -2.10. The van der Waals surface area contributed by atoms with Crippen LogP contribution in [0, 0.1) is 6.92 Å². The largest absolute Gasteiger partial charge is 0.493 e. The van der Waals surface area contributed by atoms with Crippen LogP contribution in [0.1, 0.15) is 11.1 Å². The Hall–Kier alpha value is -4.45. The molecule has 0 unspecified atom stereocenters. The number of para-hydroxylation sites is 2. The zero-order valence-electron chi connectivity index (χ0n) is 18.8. The Labute approximate surface area is 197 Å². The Morgan fingerprint density at radius 3 is 2.44 bits per heavy atom. The quantitative estimate of drug-likeness (QED) is 0.288. The van der Waals surface area contributed by atoms with Crippen LogP contribution in [0.2, 0.25) is 0 Å². The highest BCUT2D eigenvalue weighted by atomic mass is 16.3. The first-order valence-corrected chi connectivity index (χ1v) is 11.1. The third-order valence-electron chi connectivity index (χ3n) is 5.96. The fraction of sp³-hybridized carbons (Fsp3) is 0.107. The topological polar surface area (TPSA) is 79.0 Å². The number of aryl methyl sites for hydroxylation is 1. The van der Waals surface area contributed by atoms with E-state index >= 15 is 0 Å². The lowest BCUT2D eigenvalue weighted by molar-refractivity contribution is -0.116. The van der Waals surface area contributed by atoms with E-state index in [1.807, 2.05) is 78.2 Å². The summed E-state index contributed by atoms with van der Waals surface area (Å²) in [4.78, 5) is 12.4. The molecule has 6 heteroatoms. The van der Waals surface area contributed by atoms with E-state index < -0.39 is 5.91 Å². The molecule has 0 saturated carbocycles. The first-order chi connectivity index (χ1) is 16.6. The molecule has 0 saturated heterocycles. The summed E-state index contributed by atoms with van der Waals surface area (Å²) in [5, 5.41) is 25.2. The van der Waals surface area contributed by atoms with Crippen LogP contribution < -0.4 is 5.32 Å². The smallest absolute Gasteiger partial charge is 0.283 e. The number of anilines is 1. The van der Waals surface area contributed by atoms with Crippen molar-refractivity contribution in [2.24, 2.45) is 10.2 Å². The molecule has 0 aliphatic rings. The van der Waals surface area contributed by atoms with Gasteiger partial charge >= 0.3 is 0 Å². The van der Waals surface area contributed by atoms with Gasteiger partial charge in [0.15, 0.2) is 5.69 Å². The molecule has 6 nitrogen and oxygen atoms in total. The number of nitrogens with zero attached hydrogens (tertiary/aromatic N) is 3. The van der Waals surface area contributed by atoms with Crippen LogP contribution in [0.5, 0.6) is 5.88 Å². The van der Waals surface area contributed by atoms with Crippen molar-refractivity contribution in [3.63, 3.8) is 0 Å². The van der Waals surface area contributed by atoms with Crippen molar-refractivity contribution in [3.8, 4) is 5.88 Å². The predicted molar refractivity (Wildman–Crippen MR) is 136 cm³/mol. The molecule has 4 aromatic carbocycles. The average Bonchev–Trinajstić information content (AvgIpc) is 3.13. The van der Waals surface area contributed by atoms with Gasteiger partial charge in [0.05, 0.1) is 18.6 Å². The Bertz CT molecular complexity index is 1530. The lowest BCUT2D eigenvalue weighted by atomic mass is 10.0. The van der Waals surface area contributed by atoms with Gasteiger partial charge in [-0.15, -0.1) is 10.2 Å². The SMILES string of the molecule is Cc1ccccc1NCC(=O)N=Nc1c(O)n(Cc2cccc3ccccc23)c2ccccc12. The maximum absolute atomic E-state index is 12.4. The van der Waals surface area contributed by atoms with Crippen molar-refractivity contribution in [2.45, 2.75) is 13.5 Å². The maximum atomic E-state index is 12.4. The summed E-state index contributed by atoms with van der Waals surface area (Å²) in [6.45, 7) is 2.45. The van der Waals surface area contributed by atoms with E-state index in [1.54, 1.807) is 0 Å². The van der Waals surface area contributed by atoms with E-state index in [1.165, 1.54) is 0 Å². The van der Waals surface area contributed by atoms with Crippen LogP contribution >= 0.6 is 0 Å². The van der Waals surface area contributed by atoms with E-state index in [0.717, 1.165) is 38.5 Å². The molecule has 1 amide bonds. The van der Waals surface area contributed by atoms with Crippen LogP contribution in [-0.2, 0) is 11.3 Å². The number of carbonyl (C=O) groups excluding carboxylic acids is 1. The molecule has 5 aromatic rings. The molecule has 0 spiro atoms. The number of nitrogens with one attached hydrogen (secondary N) is 1. The summed E-state index contributed by atoms with van der Waals surface area (Å²) in [6, 6.07) is 29.6. The summed E-state index contributed by atoms with van der Waals surface area (Å²) in [5.74, 6) is -0.439. The summed E-state index contributed by atoms with van der Waals surface area (Å²) in [7, 11) is 0. The first kappa shape index (κ1) is 21.4. The highest BCUT2D eigenvalue weighted by Gasteiger charge is 2.17. The number of aromatic hydroxyl groups is 1. The fourth-order valence-corrected chi connectivity index (χ4v) is 4.21. The van der Waals surface area contributed by atoms with Gasteiger partial charge in [0.25, 0.3) is 5.91 Å². The average molecular weight is 449 g/mol. The Balaban J connectivity index is 1.44. The molecule has 0 bridgehead atoms. The molecule has 5 rings (SSSR count). The maximum Gasteiger partial charge on any atom is 0.283 e. The highest BCUT2D eigenvalue weighted by molar-refractivity contribution is 5.96. The number of amides is 1. The third kappa shape index (κ3) is 4.13. The van der Waals surface area contributed by atoms with Crippen molar-refractivity contribution in [1.82, 2.24) is 4.57 Å². The van der Waals surface area contributed by atoms with Gasteiger partial charge in [-0.2, -0.15) is 0 Å². The second-order valence-electron chi connectivity index (χ2n) is 8.18. The Morgan fingerprint density at radius 1 is 0.882 bits per heavy atom. The van der Waals surface area contributed by atoms with Gasteiger partial charge in [0, 0.05) is 11.1 Å². The zero-order valence-corrected chi connectivity index (χ0v) is 18.8. The second kappa shape index (κ2) is 9.19.